The molecule has 1 aliphatic heterocycles. The fourth-order valence-electron chi connectivity index (χ4n) is 3.71. The van der Waals surface area contributed by atoms with Gasteiger partial charge >= 0.3 is 0 Å². The zero-order valence-corrected chi connectivity index (χ0v) is 15.9. The van der Waals surface area contributed by atoms with Crippen LogP contribution in [0.15, 0.2) is 48.5 Å². The maximum Gasteiger partial charge on any atom is 0.170 e. The second-order valence-electron chi connectivity index (χ2n) is 6.75. The van der Waals surface area contributed by atoms with Gasteiger partial charge in [0, 0.05) is 42.9 Å². The van der Waals surface area contributed by atoms with Gasteiger partial charge in [0.25, 0.3) is 0 Å². The predicted molar refractivity (Wildman–Crippen MR) is 106 cm³/mol. The summed E-state index contributed by atoms with van der Waals surface area (Å²) >= 11 is 0. The summed E-state index contributed by atoms with van der Waals surface area (Å²) < 4.78 is 11.4. The summed E-state index contributed by atoms with van der Waals surface area (Å²) in [5.41, 5.74) is 5.76. The molecule has 0 saturated carbocycles. The van der Waals surface area contributed by atoms with E-state index < -0.39 is 0 Å². The number of hydrogen-bond acceptors (Lipinski definition) is 4. The van der Waals surface area contributed by atoms with Crippen molar-refractivity contribution in [3.05, 3.63) is 65.4 Å². The highest BCUT2D eigenvalue weighted by molar-refractivity contribution is 5.74. The van der Waals surface area contributed by atoms with Crippen LogP contribution < -0.4 is 9.47 Å². The summed E-state index contributed by atoms with van der Waals surface area (Å²) in [6, 6.07) is 16.6. The number of benzene rings is 2. The van der Waals surface area contributed by atoms with Crippen molar-refractivity contribution < 1.29 is 9.47 Å². The van der Waals surface area contributed by atoms with Gasteiger partial charge in [-0.3, -0.25) is 10.00 Å². The van der Waals surface area contributed by atoms with Crippen molar-refractivity contribution in [2.24, 2.45) is 0 Å². The first-order valence-corrected chi connectivity index (χ1v) is 9.42. The van der Waals surface area contributed by atoms with Crippen LogP contribution in [0.1, 0.15) is 23.7 Å². The van der Waals surface area contributed by atoms with Gasteiger partial charge in [-0.25, -0.2) is 0 Å². The molecule has 0 radical (unpaired) electrons. The molecule has 0 aliphatic carbocycles. The molecule has 1 aromatic heterocycles. The number of nitrogens with zero attached hydrogens (tertiary/aromatic N) is 2. The number of nitrogens with one attached hydrogen (secondary N) is 1. The Morgan fingerprint density at radius 2 is 1.96 bits per heavy atom. The van der Waals surface area contributed by atoms with Crippen LogP contribution in [0, 0.1) is 0 Å². The van der Waals surface area contributed by atoms with E-state index in [4.69, 9.17) is 9.47 Å². The van der Waals surface area contributed by atoms with Gasteiger partial charge in [0.2, 0.25) is 0 Å². The Bertz CT molecular complexity index is 905. The smallest absolute Gasteiger partial charge is 0.170 e. The third-order valence-corrected chi connectivity index (χ3v) is 5.00. The van der Waals surface area contributed by atoms with E-state index in [1.54, 1.807) is 7.11 Å². The van der Waals surface area contributed by atoms with Crippen LogP contribution in [0.5, 0.6) is 11.5 Å². The number of para-hydroxylation sites is 1. The van der Waals surface area contributed by atoms with Crippen molar-refractivity contribution in [1.82, 2.24) is 15.1 Å². The molecule has 1 aliphatic rings. The minimum absolute atomic E-state index is 0.583. The van der Waals surface area contributed by atoms with Crippen LogP contribution in [-0.2, 0) is 19.5 Å². The standard InChI is InChI=1S/C22H25N3O2/c1-3-27-22-17(10-7-11-20(22)26-2)21-18-15-25(13-12-19(18)23-24-21)14-16-8-5-4-6-9-16/h4-11H,3,12-15H2,1-2H3,(H,23,24). The van der Waals surface area contributed by atoms with Gasteiger partial charge in [0.1, 0.15) is 5.69 Å². The third kappa shape index (κ3) is 3.55. The number of fused-ring (bicyclic) bond motifs is 1. The Morgan fingerprint density at radius 3 is 2.74 bits per heavy atom. The largest absolute Gasteiger partial charge is 0.493 e. The number of methoxy groups -OCH3 is 1. The quantitative estimate of drug-likeness (QED) is 0.718. The topological polar surface area (TPSA) is 50.4 Å². The molecule has 27 heavy (non-hydrogen) atoms. The highest BCUT2D eigenvalue weighted by atomic mass is 16.5. The fraction of sp³-hybridized carbons (Fsp3) is 0.318. The summed E-state index contributed by atoms with van der Waals surface area (Å²) in [5, 5.41) is 7.88. The van der Waals surface area contributed by atoms with Crippen LogP contribution in [0.4, 0.5) is 0 Å². The number of hydrogen-bond donors (Lipinski definition) is 1. The molecule has 0 spiro atoms. The summed E-state index contributed by atoms with van der Waals surface area (Å²) in [7, 11) is 1.67. The summed E-state index contributed by atoms with van der Waals surface area (Å²) in [5.74, 6) is 1.50. The number of aromatic amines is 1. The van der Waals surface area contributed by atoms with E-state index in [1.807, 2.05) is 19.1 Å². The molecule has 3 aromatic rings. The highest BCUT2D eigenvalue weighted by Crippen LogP contribution is 2.40. The van der Waals surface area contributed by atoms with Crippen LogP contribution in [-0.4, -0.2) is 35.4 Å². The summed E-state index contributed by atoms with van der Waals surface area (Å²) in [6.07, 6.45) is 0.975. The number of H-pyrrole nitrogens is 1. The second-order valence-corrected chi connectivity index (χ2v) is 6.75. The van der Waals surface area contributed by atoms with Gasteiger partial charge in [-0.05, 0) is 24.6 Å². The minimum Gasteiger partial charge on any atom is -0.493 e. The molecule has 0 unspecified atom stereocenters. The first-order chi connectivity index (χ1) is 13.3. The van der Waals surface area contributed by atoms with Crippen molar-refractivity contribution >= 4 is 0 Å². The Labute approximate surface area is 159 Å². The average Bonchev–Trinajstić information content (AvgIpc) is 3.12. The zero-order chi connectivity index (χ0) is 18.6. The lowest BCUT2D eigenvalue weighted by molar-refractivity contribution is 0.245. The summed E-state index contributed by atoms with van der Waals surface area (Å²) in [4.78, 5) is 2.47. The lowest BCUT2D eigenvalue weighted by atomic mass is 9.99. The fourth-order valence-corrected chi connectivity index (χ4v) is 3.71. The van der Waals surface area contributed by atoms with Gasteiger partial charge in [-0.1, -0.05) is 36.4 Å². The van der Waals surface area contributed by atoms with Gasteiger partial charge < -0.3 is 9.47 Å². The van der Waals surface area contributed by atoms with Crippen LogP contribution in [0.3, 0.4) is 0 Å². The Morgan fingerprint density at radius 1 is 1.11 bits per heavy atom. The third-order valence-electron chi connectivity index (χ3n) is 5.00. The molecule has 0 amide bonds. The van der Waals surface area contributed by atoms with E-state index in [1.165, 1.54) is 16.8 Å². The van der Waals surface area contributed by atoms with E-state index in [9.17, 15) is 0 Å². The first kappa shape index (κ1) is 17.6. The average molecular weight is 363 g/mol. The van der Waals surface area contributed by atoms with E-state index in [0.717, 1.165) is 48.8 Å². The first-order valence-electron chi connectivity index (χ1n) is 9.42. The molecule has 140 valence electrons. The molecule has 2 aromatic carbocycles. The normalized spacial score (nSPS) is 14.0. The molecule has 5 nitrogen and oxygen atoms in total. The number of aromatic nitrogens is 2. The molecule has 0 atom stereocenters. The van der Waals surface area contributed by atoms with Gasteiger partial charge in [-0.2, -0.15) is 5.10 Å². The van der Waals surface area contributed by atoms with Crippen molar-refractivity contribution in [1.29, 1.82) is 0 Å². The van der Waals surface area contributed by atoms with Gasteiger partial charge in [-0.15, -0.1) is 0 Å². The van der Waals surface area contributed by atoms with E-state index in [0.29, 0.717) is 6.61 Å². The monoisotopic (exact) mass is 363 g/mol. The van der Waals surface area contributed by atoms with Crippen LogP contribution in [0.2, 0.25) is 0 Å². The van der Waals surface area contributed by atoms with Crippen LogP contribution in [0.25, 0.3) is 11.3 Å². The van der Waals surface area contributed by atoms with Crippen molar-refractivity contribution in [3.8, 4) is 22.8 Å². The minimum atomic E-state index is 0.583. The molecular formula is C22H25N3O2. The molecule has 0 saturated heterocycles. The lowest BCUT2D eigenvalue weighted by Gasteiger charge is -2.27. The molecular weight excluding hydrogens is 338 g/mol. The number of rotatable bonds is 6. The molecule has 5 heteroatoms. The molecule has 0 bridgehead atoms. The molecule has 0 fully saturated rings. The molecule has 2 heterocycles. The molecule has 1 N–H and O–H groups in total. The van der Waals surface area contributed by atoms with Crippen LogP contribution >= 0.6 is 0 Å². The van der Waals surface area contributed by atoms with Gasteiger partial charge in [0.15, 0.2) is 11.5 Å². The van der Waals surface area contributed by atoms with E-state index >= 15 is 0 Å². The summed E-state index contributed by atoms with van der Waals surface area (Å²) in [6.45, 7) is 5.41. The Hall–Kier alpha value is -2.79. The van der Waals surface area contributed by atoms with Crippen molar-refractivity contribution in [2.75, 3.05) is 20.3 Å². The highest BCUT2D eigenvalue weighted by Gasteiger charge is 2.25. The van der Waals surface area contributed by atoms with Crippen molar-refractivity contribution in [3.63, 3.8) is 0 Å². The second kappa shape index (κ2) is 7.84. The maximum atomic E-state index is 5.90. The number of ether oxygens (including phenoxy) is 2. The predicted octanol–water partition coefficient (Wildman–Crippen LogP) is 4.04. The van der Waals surface area contributed by atoms with Crippen molar-refractivity contribution in [2.45, 2.75) is 26.4 Å². The Kier molecular flexibility index (Phi) is 5.12. The van der Waals surface area contributed by atoms with E-state index in [2.05, 4.69) is 51.5 Å². The lowest BCUT2D eigenvalue weighted by Crippen LogP contribution is -2.30. The van der Waals surface area contributed by atoms with Gasteiger partial charge in [0.05, 0.1) is 13.7 Å². The zero-order valence-electron chi connectivity index (χ0n) is 15.9. The van der Waals surface area contributed by atoms with E-state index in [-0.39, 0.29) is 0 Å². The SMILES string of the molecule is CCOc1c(OC)cccc1-c1n[nH]c2c1CN(Cc1ccccc1)CC2. The maximum absolute atomic E-state index is 5.90. The molecule has 4 rings (SSSR count). The Balaban J connectivity index is 1.66.